The molecule has 0 radical (unpaired) electrons. The summed E-state index contributed by atoms with van der Waals surface area (Å²) in [6, 6.07) is 11.0. The fourth-order valence-corrected chi connectivity index (χ4v) is 5.20. The van der Waals surface area contributed by atoms with Gasteiger partial charge in [0.1, 0.15) is 11.6 Å². The maximum Gasteiger partial charge on any atom is 0.129 e. The minimum absolute atomic E-state index is 0.134. The quantitative estimate of drug-likeness (QED) is 0.576. The minimum Gasteiger partial charge on any atom is -0.207 e. The molecule has 3 heteroatoms. The zero-order valence-corrected chi connectivity index (χ0v) is 16.5. The van der Waals surface area contributed by atoms with Crippen LogP contribution in [0.2, 0.25) is 0 Å². The van der Waals surface area contributed by atoms with Crippen molar-refractivity contribution < 1.29 is 8.78 Å². The van der Waals surface area contributed by atoms with Gasteiger partial charge >= 0.3 is 0 Å². The molecule has 1 fully saturated rings. The fourth-order valence-electron chi connectivity index (χ4n) is 5.20. The summed E-state index contributed by atoms with van der Waals surface area (Å²) >= 11 is 0. The van der Waals surface area contributed by atoms with Crippen molar-refractivity contribution in [2.45, 2.75) is 70.1 Å². The minimum atomic E-state index is -0.380. The van der Waals surface area contributed by atoms with Gasteiger partial charge in [0.2, 0.25) is 0 Å². The first-order valence-corrected chi connectivity index (χ1v) is 10.6. The molecule has 2 aromatic rings. The third-order valence-corrected chi connectivity index (χ3v) is 6.97. The Kier molecular flexibility index (Phi) is 5.49. The Labute approximate surface area is 166 Å². The van der Waals surface area contributed by atoms with Crippen LogP contribution < -0.4 is 0 Å². The van der Waals surface area contributed by atoms with Crippen molar-refractivity contribution >= 4 is 0 Å². The smallest absolute Gasteiger partial charge is 0.129 e. The number of hydrogen-bond acceptors (Lipinski definition) is 1. The predicted molar refractivity (Wildman–Crippen MR) is 107 cm³/mol. The lowest BCUT2D eigenvalue weighted by molar-refractivity contribution is 0.317. The summed E-state index contributed by atoms with van der Waals surface area (Å²) in [5.41, 5.74) is 3.98. The molecule has 0 saturated heterocycles. The maximum absolute atomic E-state index is 15.0. The van der Waals surface area contributed by atoms with Crippen molar-refractivity contribution in [3.8, 4) is 6.07 Å². The highest BCUT2D eigenvalue weighted by Crippen LogP contribution is 2.40. The second-order valence-corrected chi connectivity index (χ2v) is 8.56. The number of rotatable bonds is 3. The molecule has 0 spiro atoms. The highest BCUT2D eigenvalue weighted by atomic mass is 19.1. The fraction of sp³-hybridized carbons (Fsp3) is 0.480. The number of hydrogen-bond donors (Lipinski definition) is 0. The van der Waals surface area contributed by atoms with Crippen LogP contribution in [0.15, 0.2) is 30.3 Å². The molecule has 4 rings (SSSR count). The van der Waals surface area contributed by atoms with E-state index in [4.69, 9.17) is 5.26 Å². The third-order valence-electron chi connectivity index (χ3n) is 6.97. The lowest BCUT2D eigenvalue weighted by Gasteiger charge is -2.29. The molecule has 0 N–H and O–H groups in total. The number of nitriles is 1. The van der Waals surface area contributed by atoms with Crippen molar-refractivity contribution in [3.05, 3.63) is 69.8 Å². The van der Waals surface area contributed by atoms with Gasteiger partial charge in [-0.2, -0.15) is 5.26 Å². The molecule has 0 aromatic heterocycles. The van der Waals surface area contributed by atoms with Crippen LogP contribution in [0.3, 0.4) is 0 Å². The average Bonchev–Trinajstić information content (AvgIpc) is 2.72. The van der Waals surface area contributed by atoms with Crippen molar-refractivity contribution in [1.29, 1.82) is 5.26 Å². The summed E-state index contributed by atoms with van der Waals surface area (Å²) in [5.74, 6) is 0.168. The van der Waals surface area contributed by atoms with E-state index < -0.39 is 0 Å². The number of fused-ring (bicyclic) bond motifs is 1. The Morgan fingerprint density at radius 3 is 2.29 bits per heavy atom. The first-order valence-electron chi connectivity index (χ1n) is 10.6. The van der Waals surface area contributed by atoms with Crippen molar-refractivity contribution in [2.75, 3.05) is 0 Å². The molecule has 1 saturated carbocycles. The molecular formula is C25H27F2N. The van der Waals surface area contributed by atoms with Gasteiger partial charge in [-0.3, -0.25) is 0 Å². The van der Waals surface area contributed by atoms with Crippen LogP contribution in [0, 0.1) is 28.9 Å². The van der Waals surface area contributed by atoms with E-state index in [2.05, 4.69) is 13.0 Å². The summed E-state index contributed by atoms with van der Waals surface area (Å²) in [6.45, 7) is 2.22. The Hall–Kier alpha value is -2.21. The molecule has 0 amide bonds. The monoisotopic (exact) mass is 379 g/mol. The second-order valence-electron chi connectivity index (χ2n) is 8.56. The normalized spacial score (nSPS) is 24.4. The Bertz CT molecular complexity index is 880. The van der Waals surface area contributed by atoms with Crippen LogP contribution in [0.5, 0.6) is 0 Å². The van der Waals surface area contributed by atoms with Gasteiger partial charge in [0.05, 0.1) is 11.6 Å². The molecule has 0 aliphatic heterocycles. The molecule has 0 heterocycles. The molecule has 1 atom stereocenters. The van der Waals surface area contributed by atoms with Gasteiger partial charge < -0.3 is 0 Å². The van der Waals surface area contributed by atoms with Gasteiger partial charge in [-0.05, 0) is 104 Å². The Morgan fingerprint density at radius 1 is 0.929 bits per heavy atom. The van der Waals surface area contributed by atoms with Crippen LogP contribution in [0.1, 0.15) is 85.1 Å². The molecular weight excluding hydrogens is 352 g/mol. The molecule has 2 aliphatic carbocycles. The number of halogens is 2. The highest BCUT2D eigenvalue weighted by molar-refractivity contribution is 5.42. The Balaban J connectivity index is 1.55. The van der Waals surface area contributed by atoms with Gasteiger partial charge in [-0.15, -0.1) is 0 Å². The van der Waals surface area contributed by atoms with Gasteiger partial charge in [0.25, 0.3) is 0 Å². The zero-order valence-electron chi connectivity index (χ0n) is 16.5. The van der Waals surface area contributed by atoms with Crippen molar-refractivity contribution in [2.24, 2.45) is 5.92 Å². The lowest BCUT2D eigenvalue weighted by Crippen LogP contribution is -2.17. The number of aryl methyl sites for hydroxylation is 1. The van der Waals surface area contributed by atoms with Gasteiger partial charge in [0.15, 0.2) is 0 Å². The summed E-state index contributed by atoms with van der Waals surface area (Å²) in [6.07, 6.45) is 7.72. The molecule has 1 unspecified atom stereocenters. The average molecular weight is 379 g/mol. The van der Waals surface area contributed by atoms with E-state index in [9.17, 15) is 0 Å². The lowest BCUT2D eigenvalue weighted by atomic mass is 9.76. The SMILES string of the molecule is CCC1CCC(c2cc(F)c(C3CCc4cc(C#N)ccc4C3)c(F)c2)CC1. The number of benzene rings is 2. The van der Waals surface area contributed by atoms with Crippen molar-refractivity contribution in [1.82, 2.24) is 0 Å². The van der Waals surface area contributed by atoms with Crippen molar-refractivity contribution in [3.63, 3.8) is 0 Å². The standard InChI is InChI=1S/C25H27F2N/c1-2-16-3-6-18(7-4-16)22-13-23(26)25(24(27)14-22)21-10-9-19-11-17(15-28)5-8-20(19)12-21/h5,8,11,13-14,16,18,21H,2-4,6-7,9-10,12H2,1H3. The third kappa shape index (κ3) is 3.70. The van der Waals surface area contributed by atoms with Gasteiger partial charge in [0, 0.05) is 5.56 Å². The molecule has 146 valence electrons. The summed E-state index contributed by atoms with van der Waals surface area (Å²) < 4.78 is 30.0. The highest BCUT2D eigenvalue weighted by Gasteiger charge is 2.28. The van der Waals surface area contributed by atoms with E-state index in [1.54, 1.807) is 18.2 Å². The van der Waals surface area contributed by atoms with E-state index in [-0.39, 0.29) is 29.0 Å². The van der Waals surface area contributed by atoms with Crippen LogP contribution >= 0.6 is 0 Å². The second kappa shape index (κ2) is 8.03. The molecule has 0 bridgehead atoms. The van der Waals surface area contributed by atoms with Crippen LogP contribution in [-0.2, 0) is 12.8 Å². The van der Waals surface area contributed by atoms with E-state index in [1.807, 2.05) is 12.1 Å². The number of nitrogens with zero attached hydrogens (tertiary/aromatic N) is 1. The van der Waals surface area contributed by atoms with E-state index in [0.717, 1.165) is 61.1 Å². The van der Waals surface area contributed by atoms with E-state index >= 15 is 8.78 Å². The van der Waals surface area contributed by atoms with Crippen LogP contribution in [0.4, 0.5) is 8.78 Å². The Morgan fingerprint density at radius 2 is 1.64 bits per heavy atom. The largest absolute Gasteiger partial charge is 0.207 e. The predicted octanol–water partition coefficient (Wildman–Crippen LogP) is 6.79. The van der Waals surface area contributed by atoms with E-state index in [1.165, 1.54) is 6.42 Å². The summed E-state index contributed by atoms with van der Waals surface area (Å²) in [5, 5.41) is 9.05. The summed E-state index contributed by atoms with van der Waals surface area (Å²) in [4.78, 5) is 0. The first kappa shape index (κ1) is 19.1. The van der Waals surface area contributed by atoms with E-state index in [0.29, 0.717) is 12.0 Å². The maximum atomic E-state index is 15.0. The topological polar surface area (TPSA) is 23.8 Å². The van der Waals surface area contributed by atoms with Crippen LogP contribution in [-0.4, -0.2) is 0 Å². The van der Waals surface area contributed by atoms with Gasteiger partial charge in [-0.1, -0.05) is 19.4 Å². The summed E-state index contributed by atoms with van der Waals surface area (Å²) in [7, 11) is 0. The molecule has 28 heavy (non-hydrogen) atoms. The zero-order chi connectivity index (χ0) is 19.7. The first-order chi connectivity index (χ1) is 13.6. The molecule has 2 aromatic carbocycles. The van der Waals surface area contributed by atoms with Crippen LogP contribution in [0.25, 0.3) is 0 Å². The molecule has 2 aliphatic rings. The van der Waals surface area contributed by atoms with Gasteiger partial charge in [-0.25, -0.2) is 8.78 Å². The molecule has 1 nitrogen and oxygen atoms in total.